The Morgan fingerprint density at radius 2 is 1.88 bits per heavy atom. The Morgan fingerprint density at radius 1 is 1.06 bits per heavy atom. The monoisotopic (exact) mass is 438 g/mol. The number of aliphatic hydroxyl groups is 1. The number of rotatable bonds is 5. The van der Waals surface area contributed by atoms with Gasteiger partial charge in [-0.25, -0.2) is 0 Å². The Balaban J connectivity index is 1.56. The van der Waals surface area contributed by atoms with Crippen LogP contribution in [0.25, 0.3) is 27.8 Å². The Morgan fingerprint density at radius 3 is 2.64 bits per heavy atom. The lowest BCUT2D eigenvalue weighted by Gasteiger charge is -2.21. The van der Waals surface area contributed by atoms with E-state index in [1.807, 2.05) is 77.0 Å². The summed E-state index contributed by atoms with van der Waals surface area (Å²) in [5.41, 5.74) is 5.49. The Bertz CT molecular complexity index is 1480. The quantitative estimate of drug-likeness (QED) is 0.428. The second kappa shape index (κ2) is 8.33. The molecule has 0 aliphatic heterocycles. The van der Waals surface area contributed by atoms with Gasteiger partial charge in [0.1, 0.15) is 12.1 Å². The van der Waals surface area contributed by atoms with Crippen molar-refractivity contribution < 1.29 is 9.90 Å². The van der Waals surface area contributed by atoms with E-state index >= 15 is 0 Å². The van der Waals surface area contributed by atoms with Crippen LogP contribution in [0.2, 0.25) is 0 Å². The predicted molar refractivity (Wildman–Crippen MR) is 128 cm³/mol. The molecule has 5 rings (SSSR count). The van der Waals surface area contributed by atoms with Gasteiger partial charge in [-0.3, -0.25) is 9.20 Å². The molecular weight excluding hydrogens is 416 g/mol. The van der Waals surface area contributed by atoms with Crippen LogP contribution >= 0.6 is 0 Å². The fourth-order valence-electron chi connectivity index (χ4n) is 3.92. The summed E-state index contributed by atoms with van der Waals surface area (Å²) in [5.74, 6) is 1.14. The largest absolute Gasteiger partial charge is 0.392 e. The highest BCUT2D eigenvalue weighted by Gasteiger charge is 2.15. The minimum Gasteiger partial charge on any atom is -0.392 e. The molecule has 2 heterocycles. The summed E-state index contributed by atoms with van der Waals surface area (Å²) >= 11 is 0. The number of aliphatic hydroxyl groups excluding tert-OH is 1. The third-order valence-electron chi connectivity index (χ3n) is 5.57. The third kappa shape index (κ3) is 3.88. The molecule has 1 amide bonds. The molecule has 0 saturated carbocycles. The number of nitrogens with one attached hydrogen (secondary N) is 1. The van der Waals surface area contributed by atoms with E-state index in [2.05, 4.69) is 21.6 Å². The highest BCUT2D eigenvalue weighted by molar-refractivity contribution is 5.94. The zero-order valence-electron chi connectivity index (χ0n) is 18.2. The Labute approximate surface area is 190 Å². The molecule has 0 radical (unpaired) electrons. The number of nitrogens with zero attached hydrogens (tertiary/aromatic N) is 5. The Kier molecular flexibility index (Phi) is 5.20. The van der Waals surface area contributed by atoms with Crippen LogP contribution in [0.5, 0.6) is 0 Å². The van der Waals surface area contributed by atoms with E-state index in [-0.39, 0.29) is 12.5 Å². The number of fused-ring (bicyclic) bond motifs is 3. The molecule has 8 nitrogen and oxygen atoms in total. The second-order valence-corrected chi connectivity index (χ2v) is 7.81. The minimum absolute atomic E-state index is 0.0458. The van der Waals surface area contributed by atoms with Gasteiger partial charge in [0.25, 0.3) is 5.78 Å². The fourth-order valence-corrected chi connectivity index (χ4v) is 3.92. The molecule has 0 spiro atoms. The molecular formula is C25H22N6O2. The average Bonchev–Trinajstić information content (AvgIpc) is 3.32. The van der Waals surface area contributed by atoms with E-state index in [0.29, 0.717) is 5.78 Å². The van der Waals surface area contributed by atoms with E-state index < -0.39 is 0 Å². The summed E-state index contributed by atoms with van der Waals surface area (Å²) in [6, 6.07) is 21.7. The molecule has 8 heteroatoms. The third-order valence-corrected chi connectivity index (χ3v) is 5.57. The number of amides is 1. The van der Waals surface area contributed by atoms with Crippen molar-refractivity contribution in [3.05, 3.63) is 78.6 Å². The molecule has 2 N–H and O–H groups in total. The van der Waals surface area contributed by atoms with Crippen molar-refractivity contribution in [1.29, 1.82) is 0 Å². The summed E-state index contributed by atoms with van der Waals surface area (Å²) in [7, 11) is 1.97. The second-order valence-electron chi connectivity index (χ2n) is 7.81. The molecule has 2 aromatic heterocycles. The van der Waals surface area contributed by atoms with Crippen molar-refractivity contribution in [3.63, 3.8) is 0 Å². The van der Waals surface area contributed by atoms with Gasteiger partial charge in [-0.1, -0.05) is 30.3 Å². The number of anilines is 3. The zero-order valence-corrected chi connectivity index (χ0v) is 18.2. The van der Waals surface area contributed by atoms with Crippen LogP contribution < -0.4 is 10.2 Å². The van der Waals surface area contributed by atoms with Crippen LogP contribution in [0.1, 0.15) is 12.5 Å². The molecule has 0 aliphatic rings. The van der Waals surface area contributed by atoms with Crippen LogP contribution in [0.3, 0.4) is 0 Å². The van der Waals surface area contributed by atoms with E-state index in [1.165, 1.54) is 6.92 Å². The van der Waals surface area contributed by atoms with Gasteiger partial charge in [0.15, 0.2) is 0 Å². The van der Waals surface area contributed by atoms with Crippen LogP contribution in [0.15, 0.2) is 73.1 Å². The lowest BCUT2D eigenvalue weighted by molar-refractivity contribution is -0.114. The highest BCUT2D eigenvalue weighted by atomic mass is 16.3. The molecule has 3 aromatic carbocycles. The number of carbonyl (C=O) groups excluding carboxylic acids is 1. The zero-order chi connectivity index (χ0) is 22.9. The van der Waals surface area contributed by atoms with Gasteiger partial charge in [0.05, 0.1) is 12.1 Å². The van der Waals surface area contributed by atoms with Crippen molar-refractivity contribution in [2.45, 2.75) is 13.5 Å². The first-order valence-corrected chi connectivity index (χ1v) is 10.5. The van der Waals surface area contributed by atoms with Gasteiger partial charge >= 0.3 is 0 Å². The van der Waals surface area contributed by atoms with Gasteiger partial charge in [-0.05, 0) is 53.1 Å². The lowest BCUT2D eigenvalue weighted by atomic mass is 10.0. The summed E-state index contributed by atoms with van der Waals surface area (Å²) in [6.45, 7) is 1.45. The van der Waals surface area contributed by atoms with Gasteiger partial charge < -0.3 is 15.3 Å². The summed E-state index contributed by atoms with van der Waals surface area (Å²) in [5, 5.41) is 21.4. The average molecular weight is 438 g/mol. The van der Waals surface area contributed by atoms with Crippen molar-refractivity contribution >= 4 is 39.8 Å². The van der Waals surface area contributed by atoms with Gasteiger partial charge in [0.2, 0.25) is 5.91 Å². The van der Waals surface area contributed by atoms with Crippen molar-refractivity contribution in [3.8, 4) is 11.1 Å². The molecule has 0 saturated heterocycles. The van der Waals surface area contributed by atoms with Gasteiger partial charge in [-0.15, -0.1) is 10.2 Å². The first-order valence-electron chi connectivity index (χ1n) is 10.5. The molecule has 5 aromatic rings. The first kappa shape index (κ1) is 20.6. The van der Waals surface area contributed by atoms with Crippen LogP contribution in [0, 0.1) is 0 Å². The van der Waals surface area contributed by atoms with E-state index in [4.69, 9.17) is 4.98 Å². The molecule has 0 atom stereocenters. The summed E-state index contributed by atoms with van der Waals surface area (Å²) < 4.78 is 1.82. The van der Waals surface area contributed by atoms with E-state index in [1.54, 1.807) is 6.33 Å². The van der Waals surface area contributed by atoms with Crippen LogP contribution in [-0.4, -0.2) is 37.6 Å². The molecule has 0 bridgehead atoms. The van der Waals surface area contributed by atoms with Crippen LogP contribution in [-0.2, 0) is 11.4 Å². The molecule has 164 valence electrons. The Hall–Kier alpha value is -4.30. The highest BCUT2D eigenvalue weighted by Crippen LogP contribution is 2.33. The predicted octanol–water partition coefficient (Wildman–Crippen LogP) is 4.16. The van der Waals surface area contributed by atoms with E-state index in [0.717, 1.165) is 44.8 Å². The first-order chi connectivity index (χ1) is 16.0. The topological polar surface area (TPSA) is 95.7 Å². The maximum absolute atomic E-state index is 11.3. The van der Waals surface area contributed by atoms with Crippen molar-refractivity contribution in [1.82, 2.24) is 19.6 Å². The van der Waals surface area contributed by atoms with E-state index in [9.17, 15) is 9.90 Å². The minimum atomic E-state index is -0.0955. The molecule has 0 aliphatic carbocycles. The summed E-state index contributed by atoms with van der Waals surface area (Å²) in [6.07, 6.45) is 1.63. The lowest BCUT2D eigenvalue weighted by Crippen LogP contribution is -2.13. The van der Waals surface area contributed by atoms with Gasteiger partial charge in [-0.2, -0.15) is 4.98 Å². The molecule has 0 unspecified atom stereocenters. The normalized spacial score (nSPS) is 11.1. The van der Waals surface area contributed by atoms with Crippen molar-refractivity contribution in [2.24, 2.45) is 0 Å². The van der Waals surface area contributed by atoms with Gasteiger partial charge in [0, 0.05) is 30.7 Å². The van der Waals surface area contributed by atoms with Crippen LogP contribution in [0.4, 0.5) is 17.2 Å². The van der Waals surface area contributed by atoms with Crippen molar-refractivity contribution in [2.75, 3.05) is 17.3 Å². The number of aromatic nitrogens is 4. The standard InChI is InChI=1S/C25H22N6O2/c1-16(33)27-20-9-7-18(8-10-20)19-4-3-5-21(13-19)30(2)24-22-11-6-17(14-32)12-23(22)31-15-26-29-25(31)28-24/h3-13,15,32H,14H2,1-2H3,(H,27,33). The smallest absolute Gasteiger partial charge is 0.257 e. The SMILES string of the molecule is CC(=O)Nc1ccc(-c2cccc(N(C)c3nc4nncn4c4cc(CO)ccc34)c2)cc1. The summed E-state index contributed by atoms with van der Waals surface area (Å²) in [4.78, 5) is 18.0. The number of benzene rings is 3. The molecule has 0 fully saturated rings. The maximum Gasteiger partial charge on any atom is 0.257 e. The maximum atomic E-state index is 11.3. The number of carbonyl (C=O) groups is 1. The fraction of sp³-hybridized carbons (Fsp3) is 0.120. The number of hydrogen-bond acceptors (Lipinski definition) is 6. The molecule has 33 heavy (non-hydrogen) atoms. The number of hydrogen-bond donors (Lipinski definition) is 2.